The molecule has 6 nitrogen and oxygen atoms in total. The second-order valence-electron chi connectivity index (χ2n) is 7.69. The summed E-state index contributed by atoms with van der Waals surface area (Å²) in [5.41, 5.74) is 1.67. The highest BCUT2D eigenvalue weighted by atomic mass is 16.4. The number of fused-ring (bicyclic) bond motifs is 1. The van der Waals surface area contributed by atoms with Crippen molar-refractivity contribution in [3.05, 3.63) is 65.7 Å². The van der Waals surface area contributed by atoms with Gasteiger partial charge in [-0.1, -0.05) is 42.5 Å². The fourth-order valence-electron chi connectivity index (χ4n) is 4.29. The second kappa shape index (κ2) is 7.11. The van der Waals surface area contributed by atoms with Crippen molar-refractivity contribution < 1.29 is 19.5 Å². The zero-order valence-corrected chi connectivity index (χ0v) is 15.4. The number of rotatable bonds is 5. The van der Waals surface area contributed by atoms with Gasteiger partial charge in [0, 0.05) is 25.1 Å². The molecule has 2 amide bonds. The minimum Gasteiger partial charge on any atom is -0.481 e. The largest absolute Gasteiger partial charge is 0.481 e. The Balaban J connectivity index is 1.42. The van der Waals surface area contributed by atoms with Crippen LogP contribution in [0.25, 0.3) is 0 Å². The van der Waals surface area contributed by atoms with E-state index in [1.54, 1.807) is 4.90 Å². The maximum absolute atomic E-state index is 12.7. The Morgan fingerprint density at radius 2 is 1.64 bits per heavy atom. The molecule has 1 aliphatic heterocycles. The summed E-state index contributed by atoms with van der Waals surface area (Å²) in [6.07, 6.45) is 0.839. The van der Waals surface area contributed by atoms with Crippen LogP contribution in [-0.2, 0) is 27.2 Å². The van der Waals surface area contributed by atoms with Gasteiger partial charge in [-0.2, -0.15) is 0 Å². The van der Waals surface area contributed by atoms with Crippen molar-refractivity contribution in [1.82, 2.24) is 5.32 Å². The first-order valence-electron chi connectivity index (χ1n) is 9.42. The number of aliphatic carboxylic acids is 1. The quantitative estimate of drug-likeness (QED) is 0.835. The maximum atomic E-state index is 12.7. The van der Waals surface area contributed by atoms with Crippen LogP contribution in [0.15, 0.2) is 54.6 Å². The molecule has 1 aliphatic carbocycles. The van der Waals surface area contributed by atoms with Crippen molar-refractivity contribution in [2.45, 2.75) is 31.7 Å². The highest BCUT2D eigenvalue weighted by Gasteiger charge is 2.46. The standard InChI is InChI=1S/C22H22N2O4/c25-19(13-22(21(27)28)11-15-6-4-5-7-16(15)12-22)23-17-10-20(26)24(14-17)18-8-2-1-3-9-18/h1-9,17H,10-14H2,(H,23,25)(H,27,28). The van der Waals surface area contributed by atoms with Crippen LogP contribution in [0, 0.1) is 5.41 Å². The van der Waals surface area contributed by atoms with E-state index < -0.39 is 11.4 Å². The van der Waals surface area contributed by atoms with Gasteiger partial charge in [0.2, 0.25) is 11.8 Å². The van der Waals surface area contributed by atoms with E-state index in [0.29, 0.717) is 19.4 Å². The average molecular weight is 378 g/mol. The van der Waals surface area contributed by atoms with Crippen LogP contribution in [0.5, 0.6) is 0 Å². The Kier molecular flexibility index (Phi) is 4.63. The third kappa shape index (κ3) is 3.38. The van der Waals surface area contributed by atoms with Crippen LogP contribution in [-0.4, -0.2) is 35.5 Å². The van der Waals surface area contributed by atoms with E-state index in [0.717, 1.165) is 16.8 Å². The van der Waals surface area contributed by atoms with Crippen molar-refractivity contribution >= 4 is 23.5 Å². The third-order valence-electron chi connectivity index (χ3n) is 5.69. The molecule has 0 spiro atoms. The number of carboxylic acids is 1. The van der Waals surface area contributed by atoms with Crippen LogP contribution in [0.2, 0.25) is 0 Å². The molecule has 4 rings (SSSR count). The molecule has 2 aromatic rings. The minimum absolute atomic E-state index is 0.0438. The summed E-state index contributed by atoms with van der Waals surface area (Å²) < 4.78 is 0. The van der Waals surface area contributed by atoms with Gasteiger partial charge in [-0.15, -0.1) is 0 Å². The molecule has 1 saturated heterocycles. The molecule has 6 heteroatoms. The number of benzene rings is 2. The first kappa shape index (κ1) is 18.2. The van der Waals surface area contributed by atoms with Gasteiger partial charge in [0.05, 0.1) is 11.5 Å². The summed E-state index contributed by atoms with van der Waals surface area (Å²) in [6, 6.07) is 16.6. The number of nitrogens with zero attached hydrogens (tertiary/aromatic N) is 1. The van der Waals surface area contributed by atoms with Gasteiger partial charge in [0.25, 0.3) is 0 Å². The Bertz CT molecular complexity index is 900. The summed E-state index contributed by atoms with van der Waals surface area (Å²) >= 11 is 0. The molecule has 0 aromatic heterocycles. The van der Waals surface area contributed by atoms with Gasteiger partial charge in [-0.25, -0.2) is 0 Å². The molecule has 2 aliphatic rings. The normalized spacial score (nSPS) is 20.1. The molecule has 1 heterocycles. The predicted molar refractivity (Wildman–Crippen MR) is 104 cm³/mol. The number of carboxylic acid groups (broad SMARTS) is 1. The number of carbonyl (C=O) groups excluding carboxylic acids is 2. The van der Waals surface area contributed by atoms with E-state index in [1.165, 1.54) is 0 Å². The Labute approximate surface area is 163 Å². The lowest BCUT2D eigenvalue weighted by atomic mass is 9.81. The molecule has 0 saturated carbocycles. The zero-order chi connectivity index (χ0) is 19.7. The molecule has 2 N–H and O–H groups in total. The van der Waals surface area contributed by atoms with Crippen molar-refractivity contribution in [1.29, 1.82) is 0 Å². The average Bonchev–Trinajstić information content (AvgIpc) is 3.22. The molecule has 0 bridgehead atoms. The Hall–Kier alpha value is -3.15. The summed E-state index contributed by atoms with van der Waals surface area (Å²) in [7, 11) is 0. The highest BCUT2D eigenvalue weighted by molar-refractivity contribution is 5.97. The van der Waals surface area contributed by atoms with E-state index in [4.69, 9.17) is 0 Å². The number of para-hydroxylation sites is 1. The van der Waals surface area contributed by atoms with Crippen LogP contribution in [0.4, 0.5) is 5.69 Å². The van der Waals surface area contributed by atoms with Crippen LogP contribution in [0.3, 0.4) is 0 Å². The number of hydrogen-bond donors (Lipinski definition) is 2. The maximum Gasteiger partial charge on any atom is 0.310 e. The topological polar surface area (TPSA) is 86.7 Å². The van der Waals surface area contributed by atoms with E-state index in [1.807, 2.05) is 54.6 Å². The van der Waals surface area contributed by atoms with Crippen molar-refractivity contribution in [2.75, 3.05) is 11.4 Å². The Morgan fingerprint density at radius 3 is 2.25 bits per heavy atom. The molecule has 28 heavy (non-hydrogen) atoms. The fourth-order valence-corrected chi connectivity index (χ4v) is 4.29. The Morgan fingerprint density at radius 1 is 1.04 bits per heavy atom. The van der Waals surface area contributed by atoms with Crippen LogP contribution in [0.1, 0.15) is 24.0 Å². The predicted octanol–water partition coefficient (Wildman–Crippen LogP) is 2.17. The smallest absolute Gasteiger partial charge is 0.310 e. The van der Waals surface area contributed by atoms with E-state index in [9.17, 15) is 19.5 Å². The van der Waals surface area contributed by atoms with E-state index in [2.05, 4.69) is 5.32 Å². The summed E-state index contributed by atoms with van der Waals surface area (Å²) in [5.74, 6) is -1.31. The van der Waals surface area contributed by atoms with Crippen molar-refractivity contribution in [3.8, 4) is 0 Å². The molecular formula is C22H22N2O4. The van der Waals surface area contributed by atoms with Crippen LogP contribution < -0.4 is 10.2 Å². The number of amides is 2. The lowest BCUT2D eigenvalue weighted by Gasteiger charge is -2.24. The molecule has 2 aromatic carbocycles. The zero-order valence-electron chi connectivity index (χ0n) is 15.4. The van der Waals surface area contributed by atoms with Crippen LogP contribution >= 0.6 is 0 Å². The van der Waals surface area contributed by atoms with Crippen molar-refractivity contribution in [2.24, 2.45) is 5.41 Å². The molecule has 144 valence electrons. The number of nitrogens with one attached hydrogen (secondary N) is 1. The lowest BCUT2D eigenvalue weighted by Crippen LogP contribution is -2.42. The van der Waals surface area contributed by atoms with Gasteiger partial charge in [-0.3, -0.25) is 14.4 Å². The molecule has 0 radical (unpaired) electrons. The summed E-state index contributed by atoms with van der Waals surface area (Å²) in [5, 5.41) is 12.7. The molecule has 1 unspecified atom stereocenters. The van der Waals surface area contributed by atoms with Crippen molar-refractivity contribution in [3.63, 3.8) is 0 Å². The van der Waals surface area contributed by atoms with E-state index >= 15 is 0 Å². The molecular weight excluding hydrogens is 356 g/mol. The van der Waals surface area contributed by atoms with Gasteiger partial charge < -0.3 is 15.3 Å². The lowest BCUT2D eigenvalue weighted by molar-refractivity contribution is -0.151. The first-order valence-corrected chi connectivity index (χ1v) is 9.42. The second-order valence-corrected chi connectivity index (χ2v) is 7.69. The summed E-state index contributed by atoms with van der Waals surface area (Å²) in [6.45, 7) is 0.398. The fraction of sp³-hybridized carbons (Fsp3) is 0.318. The van der Waals surface area contributed by atoms with E-state index in [-0.39, 0.29) is 30.7 Å². The number of carbonyl (C=O) groups is 3. The van der Waals surface area contributed by atoms with Gasteiger partial charge in [-0.05, 0) is 36.1 Å². The SMILES string of the molecule is O=C(CC1(C(=O)O)Cc2ccccc2C1)NC1CC(=O)N(c2ccccc2)C1. The monoisotopic (exact) mass is 378 g/mol. The summed E-state index contributed by atoms with van der Waals surface area (Å²) in [4.78, 5) is 38.6. The van der Waals surface area contributed by atoms with Gasteiger partial charge in [0.1, 0.15) is 0 Å². The number of hydrogen-bond acceptors (Lipinski definition) is 3. The first-order chi connectivity index (χ1) is 13.5. The molecule has 1 atom stereocenters. The van der Waals surface area contributed by atoms with Gasteiger partial charge in [0.15, 0.2) is 0 Å². The molecule has 1 fully saturated rings. The highest BCUT2D eigenvalue weighted by Crippen LogP contribution is 2.40. The van der Waals surface area contributed by atoms with Gasteiger partial charge >= 0.3 is 5.97 Å². The minimum atomic E-state index is -1.12. The third-order valence-corrected chi connectivity index (χ3v) is 5.69. The number of anilines is 1.